The number of hydrogen-bond acceptors (Lipinski definition) is 3. The van der Waals surface area contributed by atoms with Crippen molar-refractivity contribution in [2.24, 2.45) is 0 Å². The van der Waals surface area contributed by atoms with Crippen LogP contribution < -0.4 is 10.2 Å². The van der Waals surface area contributed by atoms with E-state index in [1.807, 2.05) is 37.3 Å². The van der Waals surface area contributed by atoms with Gasteiger partial charge < -0.3 is 14.8 Å². The fourth-order valence-electron chi connectivity index (χ4n) is 1.89. The van der Waals surface area contributed by atoms with Crippen molar-refractivity contribution in [1.29, 1.82) is 0 Å². The van der Waals surface area contributed by atoms with Gasteiger partial charge in [0, 0.05) is 5.46 Å². The average Bonchev–Trinajstić information content (AvgIpc) is 2.37. The standard InChI is InChI=1S/C14H15BO3/c1-3-10(2)18-13-9-8-11-6-4-5-7-12(11)14(13)15(16)17/h3-10,16-17H,1H2,2H3. The van der Waals surface area contributed by atoms with Crippen molar-refractivity contribution < 1.29 is 14.8 Å². The van der Waals surface area contributed by atoms with Crippen LogP contribution in [-0.2, 0) is 0 Å². The summed E-state index contributed by atoms with van der Waals surface area (Å²) in [5, 5.41) is 20.8. The van der Waals surface area contributed by atoms with Crippen LogP contribution in [0.1, 0.15) is 6.92 Å². The molecule has 0 bridgehead atoms. The first-order valence-electron chi connectivity index (χ1n) is 5.80. The van der Waals surface area contributed by atoms with E-state index in [-0.39, 0.29) is 6.10 Å². The molecule has 0 aromatic heterocycles. The first-order chi connectivity index (χ1) is 8.63. The lowest BCUT2D eigenvalue weighted by molar-refractivity contribution is 0.271. The van der Waals surface area contributed by atoms with Gasteiger partial charge in [-0.1, -0.05) is 43.0 Å². The van der Waals surface area contributed by atoms with Crippen LogP contribution in [0.15, 0.2) is 49.1 Å². The van der Waals surface area contributed by atoms with Gasteiger partial charge in [0.2, 0.25) is 0 Å². The Bertz CT molecular complexity index is 566. The van der Waals surface area contributed by atoms with E-state index in [1.54, 1.807) is 12.1 Å². The lowest BCUT2D eigenvalue weighted by atomic mass is 9.76. The van der Waals surface area contributed by atoms with E-state index in [1.165, 1.54) is 0 Å². The molecule has 3 nitrogen and oxygen atoms in total. The highest BCUT2D eigenvalue weighted by atomic mass is 16.5. The molecule has 2 aromatic rings. The van der Waals surface area contributed by atoms with Crippen LogP contribution in [0.2, 0.25) is 0 Å². The second-order valence-electron chi connectivity index (χ2n) is 4.13. The van der Waals surface area contributed by atoms with E-state index in [0.29, 0.717) is 11.2 Å². The second kappa shape index (κ2) is 5.25. The van der Waals surface area contributed by atoms with E-state index >= 15 is 0 Å². The van der Waals surface area contributed by atoms with Crippen molar-refractivity contribution >= 4 is 23.4 Å². The molecule has 0 saturated heterocycles. The summed E-state index contributed by atoms with van der Waals surface area (Å²) in [4.78, 5) is 0. The Morgan fingerprint density at radius 1 is 1.22 bits per heavy atom. The predicted molar refractivity (Wildman–Crippen MR) is 74.1 cm³/mol. The van der Waals surface area contributed by atoms with Crippen LogP contribution >= 0.6 is 0 Å². The zero-order valence-electron chi connectivity index (χ0n) is 10.2. The topological polar surface area (TPSA) is 49.7 Å². The smallest absolute Gasteiger partial charge is 0.487 e. The highest BCUT2D eigenvalue weighted by Crippen LogP contribution is 2.20. The van der Waals surface area contributed by atoms with Gasteiger partial charge in [0.15, 0.2) is 0 Å². The summed E-state index contributed by atoms with van der Waals surface area (Å²) in [6.07, 6.45) is 1.46. The molecule has 1 atom stereocenters. The van der Waals surface area contributed by atoms with Gasteiger partial charge in [-0.2, -0.15) is 0 Å². The largest absolute Gasteiger partial charge is 0.492 e. The lowest BCUT2D eigenvalue weighted by Gasteiger charge is -2.16. The van der Waals surface area contributed by atoms with Crippen LogP contribution in [-0.4, -0.2) is 23.3 Å². The quantitative estimate of drug-likeness (QED) is 0.630. The molecule has 0 aliphatic carbocycles. The maximum Gasteiger partial charge on any atom is 0.492 e. The maximum absolute atomic E-state index is 9.54. The Kier molecular flexibility index (Phi) is 3.70. The van der Waals surface area contributed by atoms with E-state index < -0.39 is 7.12 Å². The molecule has 0 aliphatic heterocycles. The van der Waals surface area contributed by atoms with Crippen molar-refractivity contribution in [2.45, 2.75) is 13.0 Å². The van der Waals surface area contributed by atoms with Crippen LogP contribution in [0, 0.1) is 0 Å². The molecule has 2 aromatic carbocycles. The van der Waals surface area contributed by atoms with Gasteiger partial charge in [-0.15, -0.1) is 0 Å². The van der Waals surface area contributed by atoms with Gasteiger partial charge in [-0.3, -0.25) is 0 Å². The van der Waals surface area contributed by atoms with Gasteiger partial charge in [0.05, 0.1) is 0 Å². The highest BCUT2D eigenvalue weighted by Gasteiger charge is 2.21. The van der Waals surface area contributed by atoms with E-state index in [2.05, 4.69) is 6.58 Å². The van der Waals surface area contributed by atoms with Gasteiger partial charge in [0.1, 0.15) is 11.9 Å². The molecule has 1 unspecified atom stereocenters. The molecule has 0 aliphatic rings. The van der Waals surface area contributed by atoms with E-state index in [4.69, 9.17) is 4.74 Å². The number of fused-ring (bicyclic) bond motifs is 1. The summed E-state index contributed by atoms with van der Waals surface area (Å²) in [5.74, 6) is 0.469. The SMILES string of the molecule is C=CC(C)Oc1ccc2ccccc2c1B(O)O. The predicted octanol–water partition coefficient (Wildman–Crippen LogP) is 1.47. The Balaban J connectivity index is 2.59. The summed E-state index contributed by atoms with van der Waals surface area (Å²) in [6.45, 7) is 5.49. The molecule has 0 spiro atoms. The molecule has 0 saturated carbocycles. The summed E-state index contributed by atoms with van der Waals surface area (Å²) in [5.41, 5.74) is 0.391. The number of benzene rings is 2. The molecule has 92 valence electrons. The van der Waals surface area contributed by atoms with Crippen molar-refractivity contribution in [1.82, 2.24) is 0 Å². The highest BCUT2D eigenvalue weighted by molar-refractivity contribution is 6.63. The van der Waals surface area contributed by atoms with Gasteiger partial charge in [0.25, 0.3) is 0 Å². The van der Waals surface area contributed by atoms with Crippen LogP contribution in [0.3, 0.4) is 0 Å². The normalized spacial score (nSPS) is 12.2. The zero-order valence-corrected chi connectivity index (χ0v) is 10.2. The van der Waals surface area contributed by atoms with E-state index in [0.717, 1.165) is 10.8 Å². The Morgan fingerprint density at radius 3 is 2.61 bits per heavy atom. The molecule has 2 N–H and O–H groups in total. The summed E-state index contributed by atoms with van der Waals surface area (Å²) < 4.78 is 5.63. The molecular weight excluding hydrogens is 227 g/mol. The van der Waals surface area contributed by atoms with Crippen molar-refractivity contribution in [3.63, 3.8) is 0 Å². The second-order valence-corrected chi connectivity index (χ2v) is 4.13. The Morgan fingerprint density at radius 2 is 1.94 bits per heavy atom. The number of rotatable bonds is 4. The Hall–Kier alpha value is -1.78. The first kappa shape index (κ1) is 12.7. The minimum atomic E-state index is -1.57. The summed E-state index contributed by atoms with van der Waals surface area (Å²) in [7, 11) is -1.57. The lowest BCUT2D eigenvalue weighted by Crippen LogP contribution is -2.33. The van der Waals surface area contributed by atoms with Crippen molar-refractivity contribution in [2.75, 3.05) is 0 Å². The first-order valence-corrected chi connectivity index (χ1v) is 5.80. The minimum absolute atomic E-state index is 0.191. The van der Waals surface area contributed by atoms with Gasteiger partial charge >= 0.3 is 7.12 Å². The van der Waals surface area contributed by atoms with Crippen molar-refractivity contribution in [3.8, 4) is 5.75 Å². The minimum Gasteiger partial charge on any atom is -0.487 e. The third kappa shape index (κ3) is 2.40. The molecule has 0 fully saturated rings. The molecule has 0 radical (unpaired) electrons. The van der Waals surface area contributed by atoms with Gasteiger partial charge in [-0.25, -0.2) is 0 Å². The molecule has 0 amide bonds. The number of hydrogen-bond donors (Lipinski definition) is 2. The zero-order chi connectivity index (χ0) is 13.1. The monoisotopic (exact) mass is 242 g/mol. The third-order valence-corrected chi connectivity index (χ3v) is 2.83. The van der Waals surface area contributed by atoms with E-state index in [9.17, 15) is 10.0 Å². The average molecular weight is 242 g/mol. The number of ether oxygens (including phenoxy) is 1. The molecular formula is C14H15BO3. The Labute approximate surface area is 106 Å². The summed E-state index contributed by atoms with van der Waals surface area (Å²) >= 11 is 0. The maximum atomic E-state index is 9.54. The van der Waals surface area contributed by atoms with Crippen LogP contribution in [0.4, 0.5) is 0 Å². The van der Waals surface area contributed by atoms with Crippen molar-refractivity contribution in [3.05, 3.63) is 49.1 Å². The molecule has 18 heavy (non-hydrogen) atoms. The molecule has 2 rings (SSSR count). The van der Waals surface area contributed by atoms with Crippen LogP contribution in [0.5, 0.6) is 5.75 Å². The summed E-state index contributed by atoms with van der Waals surface area (Å²) in [6, 6.07) is 11.2. The molecule has 0 heterocycles. The fraction of sp³-hybridized carbons (Fsp3) is 0.143. The molecule has 4 heteroatoms. The third-order valence-electron chi connectivity index (χ3n) is 2.83. The van der Waals surface area contributed by atoms with Crippen LogP contribution in [0.25, 0.3) is 10.8 Å². The van der Waals surface area contributed by atoms with Gasteiger partial charge in [-0.05, 0) is 23.8 Å². The fourth-order valence-corrected chi connectivity index (χ4v) is 1.89.